The maximum atomic E-state index is 13.6. The molecule has 1 aliphatic rings. The number of nitrogens with one attached hydrogen (secondary N) is 1. The van der Waals surface area contributed by atoms with Crippen LogP contribution in [0.15, 0.2) is 76.8 Å². The molecule has 16 heteroatoms. The summed E-state index contributed by atoms with van der Waals surface area (Å²) in [5.74, 6) is -2.63. The van der Waals surface area contributed by atoms with Crippen molar-refractivity contribution in [1.82, 2.24) is 29.3 Å². The van der Waals surface area contributed by atoms with Gasteiger partial charge in [0.1, 0.15) is 6.26 Å². The summed E-state index contributed by atoms with van der Waals surface area (Å²) in [6.07, 6.45) is 4.85. The minimum atomic E-state index is -5.08. The second-order valence-corrected chi connectivity index (χ2v) is 11.1. The van der Waals surface area contributed by atoms with Crippen LogP contribution in [0.2, 0.25) is 5.02 Å². The lowest BCUT2D eigenvalue weighted by atomic mass is 9.97. The summed E-state index contributed by atoms with van der Waals surface area (Å²) in [7, 11) is 1.83. The van der Waals surface area contributed by atoms with E-state index in [0.29, 0.717) is 52.7 Å². The van der Waals surface area contributed by atoms with Crippen LogP contribution in [0.25, 0.3) is 34.0 Å². The number of fused-ring (bicyclic) bond motifs is 4. The first-order valence-electron chi connectivity index (χ1n) is 14.2. The summed E-state index contributed by atoms with van der Waals surface area (Å²) in [6.45, 7) is 1.91. The fourth-order valence-corrected chi connectivity index (χ4v) is 5.32. The Bertz CT molecular complexity index is 1970. The summed E-state index contributed by atoms with van der Waals surface area (Å²) in [6, 6.07) is 10.2. The number of aromatic nitrogens is 6. The highest BCUT2D eigenvalue weighted by Gasteiger charge is 2.38. The first-order valence-corrected chi connectivity index (χ1v) is 14.6. The second kappa shape index (κ2) is 13.6. The molecule has 1 amide bonds. The number of amides is 1. The number of pyridine rings is 1. The number of alkyl halides is 3. The van der Waals surface area contributed by atoms with Crippen LogP contribution < -0.4 is 10.9 Å². The molecule has 0 unspecified atom stereocenters. The fourth-order valence-electron chi connectivity index (χ4n) is 5.15. The van der Waals surface area contributed by atoms with Gasteiger partial charge in [0.15, 0.2) is 0 Å². The SMILES string of the molecule is C[C@@H]1CCC[C@H](n2cnc(-c3cc(Cl)ccc3-c3ncco3)cc2=O)c2cc(ccn2)-c2c(cnn2C)NC1=O.O=C(O)C(F)(F)F. The number of nitrogens with zero attached hydrogens (tertiary/aromatic N) is 6. The van der Waals surface area contributed by atoms with Crippen molar-refractivity contribution in [2.45, 2.75) is 38.4 Å². The molecule has 0 saturated carbocycles. The van der Waals surface area contributed by atoms with Crippen molar-refractivity contribution in [2.75, 3.05) is 5.32 Å². The summed E-state index contributed by atoms with van der Waals surface area (Å²) < 4.78 is 40.6. The third kappa shape index (κ3) is 7.41. The number of aliphatic carboxylic acids is 1. The van der Waals surface area contributed by atoms with Gasteiger partial charge in [-0.05, 0) is 43.2 Å². The van der Waals surface area contributed by atoms with Gasteiger partial charge in [0.25, 0.3) is 5.56 Å². The van der Waals surface area contributed by atoms with E-state index in [2.05, 4.69) is 25.4 Å². The van der Waals surface area contributed by atoms with Gasteiger partial charge >= 0.3 is 12.1 Å². The lowest BCUT2D eigenvalue weighted by Gasteiger charge is -2.22. The molecular formula is C31H27ClF3N7O5. The Balaban J connectivity index is 0.000000559. The highest BCUT2D eigenvalue weighted by molar-refractivity contribution is 6.31. The van der Waals surface area contributed by atoms with E-state index in [1.165, 1.54) is 12.3 Å². The molecule has 0 radical (unpaired) electrons. The minimum absolute atomic E-state index is 0.0628. The Morgan fingerprint density at radius 3 is 2.51 bits per heavy atom. The van der Waals surface area contributed by atoms with Crippen LogP contribution >= 0.6 is 11.6 Å². The summed E-state index contributed by atoms with van der Waals surface area (Å²) >= 11 is 6.30. The Hall–Kier alpha value is -5.31. The molecule has 47 heavy (non-hydrogen) atoms. The predicted molar refractivity (Wildman–Crippen MR) is 164 cm³/mol. The van der Waals surface area contributed by atoms with Crippen LogP contribution in [-0.2, 0) is 16.6 Å². The zero-order valence-corrected chi connectivity index (χ0v) is 25.7. The number of halogens is 4. The summed E-state index contributed by atoms with van der Waals surface area (Å²) in [5, 5.41) is 15.0. The van der Waals surface area contributed by atoms with Crippen LogP contribution in [0.5, 0.6) is 0 Å². The molecule has 0 spiro atoms. The van der Waals surface area contributed by atoms with Crippen LogP contribution in [0.3, 0.4) is 0 Å². The molecule has 0 aliphatic carbocycles. The minimum Gasteiger partial charge on any atom is -0.475 e. The number of rotatable bonds is 3. The average Bonchev–Trinajstić information content (AvgIpc) is 3.69. The lowest BCUT2D eigenvalue weighted by Crippen LogP contribution is -2.27. The second-order valence-electron chi connectivity index (χ2n) is 10.7. The predicted octanol–water partition coefficient (Wildman–Crippen LogP) is 6.00. The molecule has 1 aromatic carbocycles. The molecule has 0 fully saturated rings. The summed E-state index contributed by atoms with van der Waals surface area (Å²) in [5.41, 5.74) is 4.51. The molecule has 0 saturated heterocycles. The van der Waals surface area contributed by atoms with E-state index in [9.17, 15) is 22.8 Å². The number of carbonyl (C=O) groups excluding carboxylic acids is 1. The van der Waals surface area contributed by atoms with Crippen molar-refractivity contribution < 1.29 is 32.3 Å². The number of carboxylic acids is 1. The molecule has 6 rings (SSSR count). The quantitative estimate of drug-likeness (QED) is 0.235. The lowest BCUT2D eigenvalue weighted by molar-refractivity contribution is -0.192. The van der Waals surface area contributed by atoms with Crippen molar-refractivity contribution >= 4 is 29.2 Å². The van der Waals surface area contributed by atoms with Crippen molar-refractivity contribution in [3.8, 4) is 34.0 Å². The van der Waals surface area contributed by atoms with Gasteiger partial charge in [0, 0.05) is 46.9 Å². The highest BCUT2D eigenvalue weighted by Crippen LogP contribution is 2.34. The maximum absolute atomic E-state index is 13.6. The number of oxazole rings is 1. The Kier molecular flexibility index (Phi) is 9.56. The normalized spacial score (nSPS) is 16.5. The van der Waals surface area contributed by atoms with Crippen molar-refractivity contribution in [3.63, 3.8) is 0 Å². The molecule has 5 heterocycles. The van der Waals surface area contributed by atoms with Gasteiger partial charge < -0.3 is 14.8 Å². The number of hydrogen-bond acceptors (Lipinski definition) is 8. The van der Waals surface area contributed by atoms with Crippen molar-refractivity contribution in [3.05, 3.63) is 88.6 Å². The number of carbonyl (C=O) groups is 2. The topological polar surface area (TPSA) is 158 Å². The van der Waals surface area contributed by atoms with Crippen LogP contribution in [0.1, 0.15) is 37.9 Å². The Morgan fingerprint density at radius 1 is 1.06 bits per heavy atom. The Morgan fingerprint density at radius 2 is 1.83 bits per heavy atom. The first kappa shape index (κ1) is 33.1. The van der Waals surface area contributed by atoms with Gasteiger partial charge in [-0.25, -0.2) is 14.8 Å². The van der Waals surface area contributed by atoms with E-state index in [1.54, 1.807) is 52.4 Å². The zero-order valence-electron chi connectivity index (χ0n) is 24.9. The first-order chi connectivity index (χ1) is 22.3. The largest absolute Gasteiger partial charge is 0.490 e. The van der Waals surface area contributed by atoms with E-state index in [0.717, 1.165) is 17.0 Å². The number of aryl methyl sites for hydroxylation is 1. The number of carboxylic acid groups (broad SMARTS) is 1. The van der Waals surface area contributed by atoms with Crippen LogP contribution in [-0.4, -0.2) is 52.5 Å². The van der Waals surface area contributed by atoms with Gasteiger partial charge in [-0.1, -0.05) is 24.9 Å². The number of hydrogen-bond donors (Lipinski definition) is 2. The number of benzene rings is 1. The third-order valence-electron chi connectivity index (χ3n) is 7.49. The van der Waals surface area contributed by atoms with Gasteiger partial charge in [-0.2, -0.15) is 18.3 Å². The number of anilines is 1. The van der Waals surface area contributed by atoms with E-state index in [4.69, 9.17) is 25.9 Å². The zero-order chi connectivity index (χ0) is 33.9. The summed E-state index contributed by atoms with van der Waals surface area (Å²) in [4.78, 5) is 49.0. The van der Waals surface area contributed by atoms with Gasteiger partial charge in [0.05, 0.1) is 47.5 Å². The monoisotopic (exact) mass is 669 g/mol. The van der Waals surface area contributed by atoms with E-state index < -0.39 is 12.1 Å². The molecule has 2 N–H and O–H groups in total. The Labute approximate surface area is 269 Å². The molecule has 5 aromatic rings. The van der Waals surface area contributed by atoms with Gasteiger partial charge in [0.2, 0.25) is 11.8 Å². The van der Waals surface area contributed by atoms with Crippen molar-refractivity contribution in [2.24, 2.45) is 13.0 Å². The van der Waals surface area contributed by atoms with Gasteiger partial charge in [-0.15, -0.1) is 0 Å². The average molecular weight is 670 g/mol. The molecule has 1 aliphatic heterocycles. The standard InChI is InChI=1S/C29H26ClN7O3.C2HF3O2/c1-17-4-3-5-25(23-12-18(8-9-31-23)27-24(35-28(17)39)15-34-36(27)2)37-16-33-22(14-26(37)38)21-13-19(30)6-7-20(21)29-32-10-11-40-29;3-2(4,5)1(6)7/h6-17,25H,3-5H2,1-2H3,(H,35,39);(H,6,7)/t17-,25+;/m1./s1. The van der Waals surface area contributed by atoms with Crippen LogP contribution in [0.4, 0.5) is 18.9 Å². The smallest absolute Gasteiger partial charge is 0.475 e. The van der Waals surface area contributed by atoms with E-state index in [1.807, 2.05) is 26.1 Å². The third-order valence-corrected chi connectivity index (χ3v) is 7.72. The molecule has 12 nitrogen and oxygen atoms in total. The van der Waals surface area contributed by atoms with Gasteiger partial charge in [-0.3, -0.25) is 23.8 Å². The van der Waals surface area contributed by atoms with Crippen molar-refractivity contribution in [1.29, 1.82) is 0 Å². The van der Waals surface area contributed by atoms with Crippen LogP contribution in [0, 0.1) is 5.92 Å². The molecule has 2 atom stereocenters. The molecule has 2 bridgehead atoms. The maximum Gasteiger partial charge on any atom is 0.490 e. The van der Waals surface area contributed by atoms with E-state index in [-0.39, 0.29) is 23.4 Å². The van der Waals surface area contributed by atoms with E-state index >= 15 is 0 Å². The molecule has 244 valence electrons. The molecule has 4 aromatic heterocycles. The highest BCUT2D eigenvalue weighted by atomic mass is 35.5. The fraction of sp³-hybridized carbons (Fsp3) is 0.258. The molecular weight excluding hydrogens is 643 g/mol.